The Bertz CT molecular complexity index is 625. The molecule has 3 nitrogen and oxygen atoms in total. The molecule has 2 rings (SSSR count). The van der Waals surface area contributed by atoms with Gasteiger partial charge in [0.25, 0.3) is 0 Å². The lowest BCUT2D eigenvalue weighted by molar-refractivity contribution is 0.588. The number of rotatable bonds is 4. The third kappa shape index (κ3) is 3.19. The molecule has 0 bridgehead atoms. The monoisotopic (exact) mass is 375 g/mol. The van der Waals surface area contributed by atoms with Crippen LogP contribution in [0, 0.1) is 6.92 Å². The lowest BCUT2D eigenvalue weighted by Crippen LogP contribution is -2.19. The number of hydrogen-bond acceptors (Lipinski definition) is 2. The van der Waals surface area contributed by atoms with E-state index in [1.165, 1.54) is 0 Å². The van der Waals surface area contributed by atoms with Gasteiger partial charge in [0, 0.05) is 28.1 Å². The molecule has 0 saturated heterocycles. The van der Waals surface area contributed by atoms with Gasteiger partial charge in [-0.25, -0.2) is 0 Å². The Labute approximate surface area is 137 Å². The molecular formula is C14H16BrCl2N3. The van der Waals surface area contributed by atoms with Gasteiger partial charge in [-0.1, -0.05) is 45.2 Å². The van der Waals surface area contributed by atoms with E-state index in [0.29, 0.717) is 10.2 Å². The summed E-state index contributed by atoms with van der Waals surface area (Å²) in [7, 11) is 3.79. The molecule has 2 aromatic rings. The van der Waals surface area contributed by atoms with Crippen molar-refractivity contribution < 1.29 is 0 Å². The first kappa shape index (κ1) is 15.8. The summed E-state index contributed by atoms with van der Waals surface area (Å²) in [6.07, 6.45) is 0.773. The fraction of sp³-hybridized carbons (Fsp3) is 0.357. The molecule has 1 heterocycles. The van der Waals surface area contributed by atoms with Crippen molar-refractivity contribution in [1.29, 1.82) is 0 Å². The van der Waals surface area contributed by atoms with Crippen molar-refractivity contribution in [3.63, 3.8) is 0 Å². The Kier molecular flexibility index (Phi) is 5.13. The van der Waals surface area contributed by atoms with Crippen molar-refractivity contribution in [3.05, 3.63) is 49.7 Å². The molecule has 0 radical (unpaired) electrons. The summed E-state index contributed by atoms with van der Waals surface area (Å²) < 4.78 is 2.69. The van der Waals surface area contributed by atoms with Crippen molar-refractivity contribution >= 4 is 39.1 Å². The standard InChI is InChI=1S/C14H16BrCl2N3/c1-8-11(14(17)20(3)19-8)7-13(18-2)10-5-4-9(16)6-12(10)15/h4-6,13,18H,7H2,1-3H3. The van der Waals surface area contributed by atoms with Gasteiger partial charge in [0.05, 0.1) is 5.69 Å². The first-order valence-corrected chi connectivity index (χ1v) is 7.79. The molecule has 1 unspecified atom stereocenters. The van der Waals surface area contributed by atoms with Crippen LogP contribution in [0.4, 0.5) is 0 Å². The van der Waals surface area contributed by atoms with Crippen LogP contribution in [0.25, 0.3) is 0 Å². The van der Waals surface area contributed by atoms with E-state index < -0.39 is 0 Å². The summed E-state index contributed by atoms with van der Waals surface area (Å²) in [5.41, 5.74) is 3.18. The molecule has 1 atom stereocenters. The summed E-state index contributed by atoms with van der Waals surface area (Å²) in [5.74, 6) is 0. The number of aryl methyl sites for hydroxylation is 2. The molecule has 20 heavy (non-hydrogen) atoms. The van der Waals surface area contributed by atoms with E-state index in [4.69, 9.17) is 23.2 Å². The highest BCUT2D eigenvalue weighted by Gasteiger charge is 2.19. The van der Waals surface area contributed by atoms with Crippen LogP contribution in [0.5, 0.6) is 0 Å². The molecule has 0 aliphatic rings. The van der Waals surface area contributed by atoms with Gasteiger partial charge in [-0.2, -0.15) is 5.10 Å². The number of halogens is 3. The van der Waals surface area contributed by atoms with E-state index in [9.17, 15) is 0 Å². The number of benzene rings is 1. The third-order valence-electron chi connectivity index (χ3n) is 3.36. The van der Waals surface area contributed by atoms with E-state index in [1.54, 1.807) is 4.68 Å². The number of aromatic nitrogens is 2. The van der Waals surface area contributed by atoms with Crippen LogP contribution in [0.2, 0.25) is 10.2 Å². The molecule has 0 amide bonds. The van der Waals surface area contributed by atoms with Gasteiger partial charge in [-0.15, -0.1) is 0 Å². The predicted octanol–water partition coefficient (Wildman–Crippen LogP) is 4.30. The second-order valence-corrected chi connectivity index (χ2v) is 6.34. The SMILES string of the molecule is CNC(Cc1c(C)nn(C)c1Cl)c1ccc(Cl)cc1Br. The second-order valence-electron chi connectivity index (χ2n) is 4.69. The molecule has 0 aliphatic carbocycles. The highest BCUT2D eigenvalue weighted by molar-refractivity contribution is 9.10. The van der Waals surface area contributed by atoms with E-state index in [-0.39, 0.29) is 6.04 Å². The van der Waals surface area contributed by atoms with Gasteiger partial charge in [-0.3, -0.25) is 4.68 Å². The summed E-state index contributed by atoms with van der Waals surface area (Å²) >= 11 is 15.9. The summed E-state index contributed by atoms with van der Waals surface area (Å²) in [5, 5.41) is 9.08. The van der Waals surface area contributed by atoms with Gasteiger partial charge in [0.1, 0.15) is 5.15 Å². The zero-order chi connectivity index (χ0) is 14.9. The Morgan fingerprint density at radius 2 is 2.10 bits per heavy atom. The number of likely N-dealkylation sites (N-methyl/N-ethyl adjacent to an activating group) is 1. The molecule has 0 fully saturated rings. The maximum atomic E-state index is 6.31. The smallest absolute Gasteiger partial charge is 0.130 e. The first-order chi connectivity index (χ1) is 9.43. The molecule has 0 saturated carbocycles. The molecule has 6 heteroatoms. The van der Waals surface area contributed by atoms with Gasteiger partial charge >= 0.3 is 0 Å². The zero-order valence-electron chi connectivity index (χ0n) is 11.5. The quantitative estimate of drug-likeness (QED) is 0.861. The minimum Gasteiger partial charge on any atom is -0.313 e. The molecule has 0 spiro atoms. The van der Waals surface area contributed by atoms with Crippen molar-refractivity contribution in [2.45, 2.75) is 19.4 Å². The number of nitrogens with zero attached hydrogens (tertiary/aromatic N) is 2. The van der Waals surface area contributed by atoms with Crippen LogP contribution >= 0.6 is 39.1 Å². The molecule has 1 aromatic carbocycles. The molecular weight excluding hydrogens is 361 g/mol. The fourth-order valence-electron chi connectivity index (χ4n) is 2.26. The molecule has 1 aromatic heterocycles. The van der Waals surface area contributed by atoms with Gasteiger partial charge in [-0.05, 0) is 38.1 Å². The topological polar surface area (TPSA) is 29.9 Å². The Morgan fingerprint density at radius 1 is 1.40 bits per heavy atom. The van der Waals surface area contributed by atoms with E-state index in [2.05, 4.69) is 26.3 Å². The Hall–Kier alpha value is -0.550. The highest BCUT2D eigenvalue weighted by Crippen LogP contribution is 2.31. The Balaban J connectivity index is 2.33. The zero-order valence-corrected chi connectivity index (χ0v) is 14.6. The highest BCUT2D eigenvalue weighted by atomic mass is 79.9. The van der Waals surface area contributed by atoms with Gasteiger partial charge in [0.2, 0.25) is 0 Å². The Morgan fingerprint density at radius 3 is 2.60 bits per heavy atom. The maximum Gasteiger partial charge on any atom is 0.130 e. The predicted molar refractivity (Wildman–Crippen MR) is 87.6 cm³/mol. The summed E-state index contributed by atoms with van der Waals surface area (Å²) in [6, 6.07) is 5.96. The van der Waals surface area contributed by atoms with Gasteiger partial charge in [0.15, 0.2) is 0 Å². The van der Waals surface area contributed by atoms with E-state index in [0.717, 1.165) is 27.7 Å². The first-order valence-electron chi connectivity index (χ1n) is 6.24. The second kappa shape index (κ2) is 6.48. The minimum atomic E-state index is 0.141. The summed E-state index contributed by atoms with van der Waals surface area (Å²) in [6.45, 7) is 1.98. The van der Waals surface area contributed by atoms with Crippen LogP contribution in [0.15, 0.2) is 22.7 Å². The fourth-order valence-corrected chi connectivity index (χ4v) is 3.47. The minimum absolute atomic E-state index is 0.141. The van der Waals surface area contributed by atoms with Crippen LogP contribution in [0.1, 0.15) is 22.9 Å². The lowest BCUT2D eigenvalue weighted by atomic mass is 9.99. The van der Waals surface area contributed by atoms with Crippen molar-refractivity contribution in [1.82, 2.24) is 15.1 Å². The van der Waals surface area contributed by atoms with Crippen molar-refractivity contribution in [3.8, 4) is 0 Å². The van der Waals surface area contributed by atoms with Crippen molar-refractivity contribution in [2.24, 2.45) is 7.05 Å². The average molecular weight is 377 g/mol. The van der Waals surface area contributed by atoms with Crippen molar-refractivity contribution in [2.75, 3.05) is 7.05 Å². The summed E-state index contributed by atoms with van der Waals surface area (Å²) in [4.78, 5) is 0. The van der Waals surface area contributed by atoms with Crippen LogP contribution in [-0.4, -0.2) is 16.8 Å². The van der Waals surface area contributed by atoms with E-state index in [1.807, 2.05) is 39.2 Å². The average Bonchev–Trinajstić information content (AvgIpc) is 2.62. The third-order valence-corrected chi connectivity index (χ3v) is 4.76. The molecule has 0 aliphatic heterocycles. The maximum absolute atomic E-state index is 6.31. The van der Waals surface area contributed by atoms with Gasteiger partial charge < -0.3 is 5.32 Å². The number of nitrogens with one attached hydrogen (secondary N) is 1. The van der Waals surface area contributed by atoms with Crippen LogP contribution in [0.3, 0.4) is 0 Å². The lowest BCUT2D eigenvalue weighted by Gasteiger charge is -2.18. The normalized spacial score (nSPS) is 12.7. The van der Waals surface area contributed by atoms with Crippen LogP contribution < -0.4 is 5.32 Å². The molecule has 1 N–H and O–H groups in total. The molecule has 108 valence electrons. The van der Waals surface area contributed by atoms with E-state index >= 15 is 0 Å². The van der Waals surface area contributed by atoms with Crippen LogP contribution in [-0.2, 0) is 13.5 Å². The largest absolute Gasteiger partial charge is 0.313 e. The number of hydrogen-bond donors (Lipinski definition) is 1.